The number of rotatable bonds is 3. The van der Waals surface area contributed by atoms with Crippen molar-refractivity contribution in [2.24, 2.45) is 0 Å². The van der Waals surface area contributed by atoms with Crippen LogP contribution in [0.1, 0.15) is 63.8 Å². The van der Waals surface area contributed by atoms with Gasteiger partial charge >= 0.3 is 0 Å². The molecule has 3 aromatic rings. The van der Waals surface area contributed by atoms with Crippen LogP contribution in [-0.2, 0) is 10.8 Å². The van der Waals surface area contributed by atoms with Gasteiger partial charge in [-0.05, 0) is 52.6 Å². The highest BCUT2D eigenvalue weighted by Gasteiger charge is 2.24. The molecule has 2 N–H and O–H groups in total. The molecule has 0 aliphatic rings. The van der Waals surface area contributed by atoms with E-state index in [1.807, 2.05) is 24.3 Å². The van der Waals surface area contributed by atoms with Crippen molar-refractivity contribution >= 4 is 22.3 Å². The maximum atomic E-state index is 13.0. The zero-order valence-corrected chi connectivity index (χ0v) is 18.7. The standard InChI is InChI=1S/C26H32N2O/c1-16-13-23(21(26(6,7)8)14-20(16)25(3,4)5)28-17(2)19-15-27-22-12-10-9-11-18(22)24(19)29/h9-15,28H,2H2,1,3-8H3,(H,27,29). The third kappa shape index (κ3) is 4.14. The maximum absolute atomic E-state index is 13.0. The summed E-state index contributed by atoms with van der Waals surface area (Å²) in [6.07, 6.45) is 1.74. The molecule has 0 aliphatic heterocycles. The lowest BCUT2D eigenvalue weighted by Gasteiger charge is -2.30. The van der Waals surface area contributed by atoms with Gasteiger partial charge in [-0.25, -0.2) is 0 Å². The lowest BCUT2D eigenvalue weighted by molar-refractivity contribution is 0.567. The third-order valence-electron chi connectivity index (χ3n) is 5.38. The van der Waals surface area contributed by atoms with Crippen LogP contribution in [0, 0.1) is 6.92 Å². The number of fused-ring (bicyclic) bond motifs is 1. The van der Waals surface area contributed by atoms with Crippen LogP contribution in [0.25, 0.3) is 16.6 Å². The zero-order chi connectivity index (χ0) is 21.6. The molecule has 152 valence electrons. The number of pyridine rings is 1. The van der Waals surface area contributed by atoms with Crippen LogP contribution in [0.15, 0.2) is 54.0 Å². The summed E-state index contributed by atoms with van der Waals surface area (Å²) in [5, 5.41) is 4.11. The fourth-order valence-electron chi connectivity index (χ4n) is 3.86. The molecular weight excluding hydrogens is 356 g/mol. The normalized spacial score (nSPS) is 12.2. The Morgan fingerprint density at radius 3 is 2.21 bits per heavy atom. The van der Waals surface area contributed by atoms with Gasteiger partial charge in [0.2, 0.25) is 0 Å². The number of hydrogen-bond acceptors (Lipinski definition) is 2. The molecule has 3 rings (SSSR count). The average molecular weight is 389 g/mol. The van der Waals surface area contributed by atoms with Gasteiger partial charge in [0.1, 0.15) is 0 Å². The van der Waals surface area contributed by atoms with Gasteiger partial charge in [-0.15, -0.1) is 0 Å². The van der Waals surface area contributed by atoms with Gasteiger partial charge in [0.25, 0.3) is 0 Å². The van der Waals surface area contributed by atoms with Crippen molar-refractivity contribution in [3.05, 3.63) is 81.7 Å². The highest BCUT2D eigenvalue weighted by molar-refractivity contribution is 5.85. The quantitative estimate of drug-likeness (QED) is 0.537. The number of nitrogens with one attached hydrogen (secondary N) is 2. The fraction of sp³-hybridized carbons (Fsp3) is 0.346. The Kier molecular flexibility index (Phi) is 5.20. The van der Waals surface area contributed by atoms with E-state index in [1.165, 1.54) is 16.7 Å². The Morgan fingerprint density at radius 2 is 1.59 bits per heavy atom. The first-order chi connectivity index (χ1) is 13.4. The molecule has 0 spiro atoms. The Labute approximate surface area is 173 Å². The Morgan fingerprint density at radius 1 is 0.966 bits per heavy atom. The summed E-state index contributed by atoms with van der Waals surface area (Å²) in [5.41, 5.74) is 6.77. The number of anilines is 1. The predicted molar refractivity (Wildman–Crippen MR) is 126 cm³/mol. The first-order valence-corrected chi connectivity index (χ1v) is 10.1. The van der Waals surface area contributed by atoms with Crippen LogP contribution in [0.3, 0.4) is 0 Å². The van der Waals surface area contributed by atoms with Gasteiger partial charge in [0.15, 0.2) is 5.43 Å². The van der Waals surface area contributed by atoms with Crippen molar-refractivity contribution in [1.82, 2.24) is 4.98 Å². The van der Waals surface area contributed by atoms with Crippen LogP contribution < -0.4 is 10.7 Å². The molecule has 0 atom stereocenters. The Hall–Kier alpha value is -2.81. The monoisotopic (exact) mass is 388 g/mol. The minimum absolute atomic E-state index is 0.0165. The molecule has 0 bridgehead atoms. The second-order valence-electron chi connectivity index (χ2n) is 9.89. The van der Waals surface area contributed by atoms with Crippen LogP contribution in [-0.4, -0.2) is 4.98 Å². The van der Waals surface area contributed by atoms with E-state index in [0.29, 0.717) is 16.6 Å². The maximum Gasteiger partial charge on any atom is 0.198 e. The number of H-pyrrole nitrogens is 1. The summed E-state index contributed by atoms with van der Waals surface area (Å²) in [5.74, 6) is 0. The van der Waals surface area contributed by atoms with Gasteiger partial charge in [0, 0.05) is 28.5 Å². The minimum atomic E-state index is -0.0495. The van der Waals surface area contributed by atoms with E-state index >= 15 is 0 Å². The number of hydrogen-bond donors (Lipinski definition) is 2. The molecule has 2 aromatic carbocycles. The molecule has 0 radical (unpaired) electrons. The van der Waals surface area contributed by atoms with Gasteiger partial charge in [-0.3, -0.25) is 4.79 Å². The van der Waals surface area contributed by atoms with Crippen LogP contribution in [0.5, 0.6) is 0 Å². The molecular formula is C26H32N2O. The first kappa shape index (κ1) is 20.9. The minimum Gasteiger partial charge on any atom is -0.360 e. The summed E-state index contributed by atoms with van der Waals surface area (Å²) in [6, 6.07) is 12.0. The summed E-state index contributed by atoms with van der Waals surface area (Å²) in [6.45, 7) is 19.7. The number of para-hydroxylation sites is 1. The Balaban J connectivity index is 2.08. The molecule has 0 saturated carbocycles. The van der Waals surface area contributed by atoms with E-state index in [2.05, 4.69) is 77.5 Å². The summed E-state index contributed by atoms with van der Waals surface area (Å²) >= 11 is 0. The van der Waals surface area contributed by atoms with Gasteiger partial charge in [-0.1, -0.05) is 66.3 Å². The molecule has 1 heterocycles. The summed E-state index contributed by atoms with van der Waals surface area (Å²) in [4.78, 5) is 16.2. The van der Waals surface area contributed by atoms with Crippen molar-refractivity contribution < 1.29 is 0 Å². The number of benzene rings is 2. The highest BCUT2D eigenvalue weighted by Crippen LogP contribution is 2.37. The van der Waals surface area contributed by atoms with Crippen molar-refractivity contribution in [3.8, 4) is 0 Å². The molecule has 0 fully saturated rings. The number of aromatic amines is 1. The molecule has 3 heteroatoms. The third-order valence-corrected chi connectivity index (χ3v) is 5.38. The number of aromatic nitrogens is 1. The molecule has 1 aromatic heterocycles. The molecule has 0 saturated heterocycles. The van der Waals surface area contributed by atoms with Crippen LogP contribution >= 0.6 is 0 Å². The lowest BCUT2D eigenvalue weighted by Crippen LogP contribution is -2.20. The second kappa shape index (κ2) is 7.22. The number of aryl methyl sites for hydroxylation is 1. The largest absolute Gasteiger partial charge is 0.360 e. The zero-order valence-electron chi connectivity index (χ0n) is 18.7. The van der Waals surface area contributed by atoms with E-state index < -0.39 is 0 Å². The predicted octanol–water partition coefficient (Wildman–Crippen LogP) is 6.51. The van der Waals surface area contributed by atoms with Crippen molar-refractivity contribution in [3.63, 3.8) is 0 Å². The van der Waals surface area contributed by atoms with Gasteiger partial charge in [-0.2, -0.15) is 0 Å². The molecule has 0 unspecified atom stereocenters. The van der Waals surface area contributed by atoms with E-state index in [4.69, 9.17) is 0 Å². The van der Waals surface area contributed by atoms with Crippen LogP contribution in [0.4, 0.5) is 5.69 Å². The first-order valence-electron chi connectivity index (χ1n) is 10.1. The SMILES string of the molecule is C=C(Nc1cc(C)c(C(C)(C)C)cc1C(C)(C)C)c1c[nH]c2ccccc2c1=O. The van der Waals surface area contributed by atoms with Gasteiger partial charge in [0.05, 0.1) is 5.56 Å². The van der Waals surface area contributed by atoms with Crippen molar-refractivity contribution in [2.75, 3.05) is 5.32 Å². The van der Waals surface area contributed by atoms with E-state index in [9.17, 15) is 4.79 Å². The second-order valence-corrected chi connectivity index (χ2v) is 9.89. The smallest absolute Gasteiger partial charge is 0.198 e. The van der Waals surface area contributed by atoms with Crippen molar-refractivity contribution in [2.45, 2.75) is 59.3 Å². The summed E-state index contributed by atoms with van der Waals surface area (Å²) in [7, 11) is 0. The molecule has 29 heavy (non-hydrogen) atoms. The average Bonchev–Trinajstić information content (AvgIpc) is 2.60. The van der Waals surface area contributed by atoms with E-state index in [1.54, 1.807) is 6.20 Å². The van der Waals surface area contributed by atoms with Crippen LogP contribution in [0.2, 0.25) is 0 Å². The van der Waals surface area contributed by atoms with E-state index in [0.717, 1.165) is 11.2 Å². The topological polar surface area (TPSA) is 44.9 Å². The van der Waals surface area contributed by atoms with Gasteiger partial charge < -0.3 is 10.3 Å². The lowest BCUT2D eigenvalue weighted by atomic mass is 9.78. The molecule has 0 aliphatic carbocycles. The molecule has 0 amide bonds. The molecule has 3 nitrogen and oxygen atoms in total. The summed E-state index contributed by atoms with van der Waals surface area (Å²) < 4.78 is 0. The van der Waals surface area contributed by atoms with E-state index in [-0.39, 0.29) is 16.3 Å². The highest BCUT2D eigenvalue weighted by atomic mass is 16.1. The van der Waals surface area contributed by atoms with Crippen molar-refractivity contribution in [1.29, 1.82) is 0 Å². The fourth-order valence-corrected chi connectivity index (χ4v) is 3.86. The Bertz CT molecular complexity index is 1140.